The molecule has 3 aromatic carbocycles. The van der Waals surface area contributed by atoms with Gasteiger partial charge in [0.05, 0.1) is 17.5 Å². The molecular formula is C28H25N5O2. The monoisotopic (exact) mass is 463 g/mol. The highest BCUT2D eigenvalue weighted by Gasteiger charge is 2.25. The van der Waals surface area contributed by atoms with Crippen LogP contribution in [0.5, 0.6) is 0 Å². The van der Waals surface area contributed by atoms with Gasteiger partial charge in [0, 0.05) is 54.5 Å². The number of hydrogen-bond acceptors (Lipinski definition) is 3. The second-order valence-corrected chi connectivity index (χ2v) is 8.86. The summed E-state index contributed by atoms with van der Waals surface area (Å²) in [5.74, 6) is 0.0922. The standard InChI is InChI=1S/C28H25N5O2/c34-27(17-21-18-29-24-6-2-1-5-23(21)24)31-13-15-32(16-14-31)28(35)20-9-11-22(12-10-20)33-19-30-25-7-3-4-8-26(25)33/h1-12,18-19,29H,13-17H2. The molecule has 0 radical (unpaired) electrons. The minimum Gasteiger partial charge on any atom is -0.361 e. The number of rotatable bonds is 4. The number of piperazine rings is 1. The van der Waals surface area contributed by atoms with E-state index in [0.29, 0.717) is 38.2 Å². The van der Waals surface area contributed by atoms with Crippen LogP contribution in [0.4, 0.5) is 0 Å². The molecule has 35 heavy (non-hydrogen) atoms. The predicted octanol–water partition coefficient (Wildman–Crippen LogP) is 4.03. The van der Waals surface area contributed by atoms with E-state index < -0.39 is 0 Å². The molecule has 2 amide bonds. The van der Waals surface area contributed by atoms with Gasteiger partial charge >= 0.3 is 0 Å². The lowest BCUT2D eigenvalue weighted by Crippen LogP contribution is -2.51. The number of nitrogens with zero attached hydrogens (tertiary/aromatic N) is 4. The number of nitrogens with one attached hydrogen (secondary N) is 1. The molecule has 7 nitrogen and oxygen atoms in total. The summed E-state index contributed by atoms with van der Waals surface area (Å²) < 4.78 is 2.02. The number of carbonyl (C=O) groups excluding carboxylic acids is 2. The van der Waals surface area contributed by atoms with Gasteiger partial charge in [-0.15, -0.1) is 0 Å². The fourth-order valence-corrected chi connectivity index (χ4v) is 4.82. The Morgan fingerprint density at radius 1 is 0.829 bits per heavy atom. The van der Waals surface area contributed by atoms with Crippen molar-refractivity contribution in [1.82, 2.24) is 24.3 Å². The van der Waals surface area contributed by atoms with Crippen molar-refractivity contribution < 1.29 is 9.59 Å². The molecule has 1 N–H and O–H groups in total. The van der Waals surface area contributed by atoms with Gasteiger partial charge in [0.2, 0.25) is 5.91 Å². The topological polar surface area (TPSA) is 74.2 Å². The number of aromatic nitrogens is 3. The Morgan fingerprint density at radius 2 is 1.54 bits per heavy atom. The van der Waals surface area contributed by atoms with Crippen molar-refractivity contribution in [2.24, 2.45) is 0 Å². The van der Waals surface area contributed by atoms with Crippen LogP contribution in [0.2, 0.25) is 0 Å². The zero-order valence-electron chi connectivity index (χ0n) is 19.2. The summed E-state index contributed by atoms with van der Waals surface area (Å²) in [7, 11) is 0. The van der Waals surface area contributed by atoms with Crippen molar-refractivity contribution in [2.75, 3.05) is 26.2 Å². The number of carbonyl (C=O) groups is 2. The second kappa shape index (κ2) is 8.76. The first kappa shape index (κ1) is 21.2. The Labute approximate surface area is 202 Å². The lowest BCUT2D eigenvalue weighted by molar-refractivity contribution is -0.131. The van der Waals surface area contributed by atoms with Gasteiger partial charge in [-0.3, -0.25) is 14.2 Å². The molecule has 0 atom stereocenters. The maximum absolute atomic E-state index is 13.1. The van der Waals surface area contributed by atoms with Crippen LogP contribution in [-0.2, 0) is 11.2 Å². The SMILES string of the molecule is O=C(Cc1c[nH]c2ccccc12)N1CCN(C(=O)c2ccc(-n3cnc4ccccc43)cc2)CC1. The summed E-state index contributed by atoms with van der Waals surface area (Å²) in [5.41, 5.74) is 5.62. The molecule has 3 heterocycles. The molecule has 1 aliphatic rings. The lowest BCUT2D eigenvalue weighted by atomic mass is 10.1. The van der Waals surface area contributed by atoms with Crippen LogP contribution in [0.25, 0.3) is 27.6 Å². The van der Waals surface area contributed by atoms with E-state index in [1.54, 1.807) is 6.33 Å². The van der Waals surface area contributed by atoms with Gasteiger partial charge in [0.1, 0.15) is 6.33 Å². The Hall–Kier alpha value is -4.39. The first-order chi connectivity index (χ1) is 17.2. The summed E-state index contributed by atoms with van der Waals surface area (Å²) >= 11 is 0. The van der Waals surface area contributed by atoms with Crippen LogP contribution in [0.3, 0.4) is 0 Å². The largest absolute Gasteiger partial charge is 0.361 e. The summed E-state index contributed by atoms with van der Waals surface area (Å²) in [4.78, 5) is 37.3. The fourth-order valence-electron chi connectivity index (χ4n) is 4.82. The number of aromatic amines is 1. The van der Waals surface area contributed by atoms with E-state index in [0.717, 1.165) is 33.2 Å². The summed E-state index contributed by atoms with van der Waals surface area (Å²) in [6.07, 6.45) is 4.08. The maximum Gasteiger partial charge on any atom is 0.253 e. The minimum absolute atomic E-state index is 0.00392. The smallest absolute Gasteiger partial charge is 0.253 e. The Balaban J connectivity index is 1.09. The zero-order valence-corrected chi connectivity index (χ0v) is 19.2. The van der Waals surface area contributed by atoms with Crippen LogP contribution < -0.4 is 0 Å². The van der Waals surface area contributed by atoms with Crippen LogP contribution in [0.15, 0.2) is 85.3 Å². The van der Waals surface area contributed by atoms with E-state index in [9.17, 15) is 9.59 Å². The molecule has 2 aromatic heterocycles. The molecule has 0 unspecified atom stereocenters. The molecular weight excluding hydrogens is 438 g/mol. The molecule has 174 valence electrons. The summed E-state index contributed by atoms with van der Waals surface area (Å²) in [5, 5.41) is 1.09. The first-order valence-corrected chi connectivity index (χ1v) is 11.8. The average Bonchev–Trinajstić information content (AvgIpc) is 3.53. The third-order valence-corrected chi connectivity index (χ3v) is 6.78. The van der Waals surface area contributed by atoms with Gasteiger partial charge in [-0.25, -0.2) is 4.98 Å². The number of benzene rings is 3. The van der Waals surface area contributed by atoms with Crippen molar-refractivity contribution in [3.8, 4) is 5.69 Å². The summed E-state index contributed by atoms with van der Waals surface area (Å²) in [6, 6.07) is 23.6. The Morgan fingerprint density at radius 3 is 2.37 bits per heavy atom. The molecule has 1 aliphatic heterocycles. The normalized spacial score (nSPS) is 14.1. The number of H-pyrrole nitrogens is 1. The van der Waals surface area contributed by atoms with Crippen molar-refractivity contribution in [3.63, 3.8) is 0 Å². The number of para-hydroxylation sites is 3. The van der Waals surface area contributed by atoms with Crippen LogP contribution in [0.1, 0.15) is 15.9 Å². The average molecular weight is 464 g/mol. The highest BCUT2D eigenvalue weighted by atomic mass is 16.2. The zero-order chi connectivity index (χ0) is 23.8. The molecule has 0 aliphatic carbocycles. The van der Waals surface area contributed by atoms with Crippen molar-refractivity contribution in [2.45, 2.75) is 6.42 Å². The number of imidazole rings is 1. The third-order valence-electron chi connectivity index (χ3n) is 6.78. The lowest BCUT2D eigenvalue weighted by Gasteiger charge is -2.35. The van der Waals surface area contributed by atoms with E-state index in [1.165, 1.54) is 0 Å². The number of hydrogen-bond donors (Lipinski definition) is 1. The minimum atomic E-state index is -0.00392. The van der Waals surface area contributed by atoms with E-state index in [-0.39, 0.29) is 11.8 Å². The van der Waals surface area contributed by atoms with E-state index in [2.05, 4.69) is 9.97 Å². The molecule has 0 bridgehead atoms. The van der Waals surface area contributed by atoms with Gasteiger partial charge in [-0.05, 0) is 48.0 Å². The van der Waals surface area contributed by atoms with Gasteiger partial charge in [0.15, 0.2) is 0 Å². The third kappa shape index (κ3) is 3.95. The van der Waals surface area contributed by atoms with Gasteiger partial charge in [-0.2, -0.15) is 0 Å². The van der Waals surface area contributed by atoms with E-state index >= 15 is 0 Å². The first-order valence-electron chi connectivity index (χ1n) is 11.8. The molecule has 1 saturated heterocycles. The molecule has 1 fully saturated rings. The number of fused-ring (bicyclic) bond motifs is 2. The predicted molar refractivity (Wildman–Crippen MR) is 136 cm³/mol. The highest BCUT2D eigenvalue weighted by Crippen LogP contribution is 2.21. The van der Waals surface area contributed by atoms with E-state index in [4.69, 9.17) is 0 Å². The molecule has 0 spiro atoms. The van der Waals surface area contributed by atoms with Crippen molar-refractivity contribution in [3.05, 3.63) is 96.4 Å². The summed E-state index contributed by atoms with van der Waals surface area (Å²) in [6.45, 7) is 2.16. The molecule has 7 heteroatoms. The van der Waals surface area contributed by atoms with E-state index in [1.807, 2.05) is 93.4 Å². The van der Waals surface area contributed by atoms with Crippen molar-refractivity contribution in [1.29, 1.82) is 0 Å². The maximum atomic E-state index is 13.1. The van der Waals surface area contributed by atoms with Crippen LogP contribution >= 0.6 is 0 Å². The fraction of sp³-hybridized carbons (Fsp3) is 0.179. The van der Waals surface area contributed by atoms with Crippen LogP contribution in [0, 0.1) is 0 Å². The van der Waals surface area contributed by atoms with Gasteiger partial charge in [0.25, 0.3) is 5.91 Å². The Kier molecular flexibility index (Phi) is 5.29. The molecule has 0 saturated carbocycles. The molecule has 6 rings (SSSR count). The second-order valence-electron chi connectivity index (χ2n) is 8.86. The van der Waals surface area contributed by atoms with Crippen LogP contribution in [-0.4, -0.2) is 62.3 Å². The number of amides is 2. The molecule has 5 aromatic rings. The Bertz CT molecular complexity index is 1520. The van der Waals surface area contributed by atoms with Gasteiger partial charge in [-0.1, -0.05) is 30.3 Å². The van der Waals surface area contributed by atoms with Gasteiger partial charge < -0.3 is 14.8 Å². The quantitative estimate of drug-likeness (QED) is 0.437. The highest BCUT2D eigenvalue weighted by molar-refractivity contribution is 5.95. The van der Waals surface area contributed by atoms with Crippen molar-refractivity contribution >= 4 is 33.8 Å².